The molecule has 6 heteroatoms. The highest BCUT2D eigenvalue weighted by Crippen LogP contribution is 2.12. The predicted molar refractivity (Wildman–Crippen MR) is 108 cm³/mol. The van der Waals surface area contributed by atoms with Gasteiger partial charge in [-0.15, -0.1) is 0 Å². The Hall–Kier alpha value is -3.02. The van der Waals surface area contributed by atoms with Crippen LogP contribution < -0.4 is 15.4 Å². The van der Waals surface area contributed by atoms with Crippen molar-refractivity contribution < 1.29 is 19.1 Å². The van der Waals surface area contributed by atoms with Gasteiger partial charge in [-0.1, -0.05) is 42.5 Å². The van der Waals surface area contributed by atoms with Crippen molar-refractivity contribution in [1.82, 2.24) is 10.6 Å². The van der Waals surface area contributed by atoms with Crippen LogP contribution in [0.25, 0.3) is 0 Å². The summed E-state index contributed by atoms with van der Waals surface area (Å²) in [5.74, 6) is 0.481. The van der Waals surface area contributed by atoms with Crippen LogP contribution in [0.15, 0.2) is 54.6 Å². The summed E-state index contributed by atoms with van der Waals surface area (Å²) in [5.41, 5.74) is 1.24. The molecule has 0 saturated carbocycles. The molecule has 2 aromatic rings. The molecule has 0 spiro atoms. The third-order valence-corrected chi connectivity index (χ3v) is 3.92. The minimum atomic E-state index is -0.740. The number of carbonyl (C=O) groups is 2. The zero-order chi connectivity index (χ0) is 20.6. The lowest BCUT2D eigenvalue weighted by Gasteiger charge is -2.23. The van der Waals surface area contributed by atoms with E-state index in [1.807, 2.05) is 54.6 Å². The largest absolute Gasteiger partial charge is 0.497 e. The highest BCUT2D eigenvalue weighted by molar-refractivity contribution is 5.86. The molecule has 6 nitrogen and oxygen atoms in total. The van der Waals surface area contributed by atoms with E-state index in [0.29, 0.717) is 13.0 Å². The van der Waals surface area contributed by atoms with Crippen molar-refractivity contribution in [2.45, 2.75) is 45.4 Å². The summed E-state index contributed by atoms with van der Waals surface area (Å²) < 4.78 is 10.4. The van der Waals surface area contributed by atoms with E-state index in [2.05, 4.69) is 10.6 Å². The van der Waals surface area contributed by atoms with Gasteiger partial charge in [-0.05, 0) is 44.0 Å². The van der Waals surface area contributed by atoms with E-state index < -0.39 is 17.7 Å². The number of hydrogen-bond acceptors (Lipinski definition) is 4. The summed E-state index contributed by atoms with van der Waals surface area (Å²) in [6, 6.07) is 16.2. The van der Waals surface area contributed by atoms with E-state index in [-0.39, 0.29) is 5.91 Å². The van der Waals surface area contributed by atoms with E-state index in [1.54, 1.807) is 27.9 Å². The minimum absolute atomic E-state index is 0.273. The topological polar surface area (TPSA) is 76.7 Å². The Bertz CT molecular complexity index is 767. The number of rotatable bonds is 7. The smallest absolute Gasteiger partial charge is 0.408 e. The van der Waals surface area contributed by atoms with Gasteiger partial charge >= 0.3 is 6.09 Å². The molecule has 2 aromatic carbocycles. The van der Waals surface area contributed by atoms with E-state index >= 15 is 0 Å². The molecule has 1 atom stereocenters. The van der Waals surface area contributed by atoms with E-state index in [9.17, 15) is 9.59 Å². The fourth-order valence-corrected chi connectivity index (χ4v) is 2.56. The Morgan fingerprint density at radius 2 is 1.61 bits per heavy atom. The molecule has 2 amide bonds. The maximum atomic E-state index is 12.7. The molecule has 0 saturated heterocycles. The number of carbonyl (C=O) groups excluding carboxylic acids is 2. The molecule has 0 aliphatic rings. The third kappa shape index (κ3) is 7.31. The molecule has 2 rings (SSSR count). The lowest BCUT2D eigenvalue weighted by Crippen LogP contribution is -2.49. The standard InChI is InChI=1S/C22H28N2O4/c1-22(2,3)28-21(26)24-19(14-16-8-6-5-7-9-16)20(25)23-15-17-10-12-18(27-4)13-11-17/h5-13,19H,14-15H2,1-4H3,(H,23,25)(H,24,26). The van der Waals surface area contributed by atoms with Crippen LogP contribution in [-0.4, -0.2) is 30.8 Å². The van der Waals surface area contributed by atoms with Gasteiger partial charge in [0.05, 0.1) is 7.11 Å². The normalized spacial score (nSPS) is 12.0. The van der Waals surface area contributed by atoms with Gasteiger partial charge in [-0.25, -0.2) is 4.79 Å². The summed E-state index contributed by atoms with van der Waals surface area (Å²) in [7, 11) is 1.60. The Labute approximate surface area is 166 Å². The third-order valence-electron chi connectivity index (χ3n) is 3.92. The van der Waals surface area contributed by atoms with Gasteiger partial charge in [0, 0.05) is 13.0 Å². The molecule has 150 valence electrons. The van der Waals surface area contributed by atoms with Crippen molar-refractivity contribution in [3.63, 3.8) is 0 Å². The zero-order valence-corrected chi connectivity index (χ0v) is 16.8. The quantitative estimate of drug-likeness (QED) is 0.767. The van der Waals surface area contributed by atoms with Crippen LogP contribution in [-0.2, 0) is 22.5 Å². The summed E-state index contributed by atoms with van der Waals surface area (Å²) in [4.78, 5) is 24.9. The second kappa shape index (κ2) is 9.78. The second-order valence-electron chi connectivity index (χ2n) is 7.45. The first kappa shape index (κ1) is 21.3. The second-order valence-corrected chi connectivity index (χ2v) is 7.45. The first-order chi connectivity index (χ1) is 13.3. The summed E-state index contributed by atoms with van der Waals surface area (Å²) in [6.07, 6.45) is -0.248. The van der Waals surface area contributed by atoms with Crippen molar-refractivity contribution in [1.29, 1.82) is 0 Å². The Morgan fingerprint density at radius 3 is 2.18 bits per heavy atom. The number of benzene rings is 2. The fraction of sp³-hybridized carbons (Fsp3) is 0.364. The molecule has 0 aliphatic carbocycles. The van der Waals surface area contributed by atoms with Crippen LogP contribution in [0, 0.1) is 0 Å². The Balaban J connectivity index is 2.03. The van der Waals surface area contributed by atoms with Gasteiger partial charge in [0.15, 0.2) is 0 Å². The van der Waals surface area contributed by atoms with E-state index in [4.69, 9.17) is 9.47 Å². The number of hydrogen-bond donors (Lipinski definition) is 2. The van der Waals surface area contributed by atoms with Gasteiger partial charge in [-0.3, -0.25) is 4.79 Å². The maximum absolute atomic E-state index is 12.7. The van der Waals surface area contributed by atoms with Gasteiger partial charge in [0.25, 0.3) is 0 Å². The Kier molecular flexibility index (Phi) is 7.44. The Morgan fingerprint density at radius 1 is 0.964 bits per heavy atom. The zero-order valence-electron chi connectivity index (χ0n) is 16.8. The molecule has 0 radical (unpaired) electrons. The molecule has 0 aromatic heterocycles. The molecule has 0 heterocycles. The van der Waals surface area contributed by atoms with Crippen LogP contribution in [0.2, 0.25) is 0 Å². The van der Waals surface area contributed by atoms with Crippen LogP contribution in [0.1, 0.15) is 31.9 Å². The highest BCUT2D eigenvalue weighted by Gasteiger charge is 2.24. The van der Waals surface area contributed by atoms with Crippen LogP contribution in [0.3, 0.4) is 0 Å². The molecule has 2 N–H and O–H groups in total. The number of methoxy groups -OCH3 is 1. The monoisotopic (exact) mass is 384 g/mol. The van der Waals surface area contributed by atoms with Crippen molar-refractivity contribution in [3.8, 4) is 5.75 Å². The number of amides is 2. The van der Waals surface area contributed by atoms with Gasteiger partial charge in [-0.2, -0.15) is 0 Å². The number of ether oxygens (including phenoxy) is 2. The average molecular weight is 384 g/mol. The van der Waals surface area contributed by atoms with Gasteiger partial charge in [0.1, 0.15) is 17.4 Å². The molecule has 1 unspecified atom stereocenters. The first-order valence-corrected chi connectivity index (χ1v) is 9.21. The minimum Gasteiger partial charge on any atom is -0.497 e. The van der Waals surface area contributed by atoms with Crippen LogP contribution in [0.5, 0.6) is 5.75 Å². The lowest BCUT2D eigenvalue weighted by atomic mass is 10.1. The highest BCUT2D eigenvalue weighted by atomic mass is 16.6. The van der Waals surface area contributed by atoms with Gasteiger partial charge in [0.2, 0.25) is 5.91 Å². The van der Waals surface area contributed by atoms with E-state index in [1.165, 1.54) is 0 Å². The lowest BCUT2D eigenvalue weighted by molar-refractivity contribution is -0.123. The van der Waals surface area contributed by atoms with Crippen molar-refractivity contribution in [2.75, 3.05) is 7.11 Å². The summed E-state index contributed by atoms with van der Waals surface area (Å²) in [6.45, 7) is 5.69. The molecular formula is C22H28N2O4. The fourth-order valence-electron chi connectivity index (χ4n) is 2.56. The molecule has 0 fully saturated rings. The van der Waals surface area contributed by atoms with Crippen molar-refractivity contribution in [3.05, 3.63) is 65.7 Å². The van der Waals surface area contributed by atoms with E-state index in [0.717, 1.165) is 16.9 Å². The summed E-state index contributed by atoms with van der Waals surface area (Å²) >= 11 is 0. The van der Waals surface area contributed by atoms with Crippen LogP contribution in [0.4, 0.5) is 4.79 Å². The van der Waals surface area contributed by atoms with Crippen LogP contribution >= 0.6 is 0 Å². The van der Waals surface area contributed by atoms with Crippen molar-refractivity contribution in [2.24, 2.45) is 0 Å². The molecule has 28 heavy (non-hydrogen) atoms. The maximum Gasteiger partial charge on any atom is 0.408 e. The molecular weight excluding hydrogens is 356 g/mol. The van der Waals surface area contributed by atoms with Gasteiger partial charge < -0.3 is 20.1 Å². The molecule has 0 bridgehead atoms. The molecule has 0 aliphatic heterocycles. The average Bonchev–Trinajstić information content (AvgIpc) is 2.65. The van der Waals surface area contributed by atoms with Crippen molar-refractivity contribution >= 4 is 12.0 Å². The number of nitrogens with one attached hydrogen (secondary N) is 2. The summed E-state index contributed by atoms with van der Waals surface area (Å²) in [5, 5.41) is 5.56. The SMILES string of the molecule is COc1ccc(CNC(=O)C(Cc2ccccc2)NC(=O)OC(C)(C)C)cc1. The first-order valence-electron chi connectivity index (χ1n) is 9.21. The predicted octanol–water partition coefficient (Wildman–Crippen LogP) is 3.45. The number of alkyl carbamates (subject to hydrolysis) is 1.